The first kappa shape index (κ1) is 7.10. The first-order chi connectivity index (χ1) is 5.22. The van der Waals surface area contributed by atoms with E-state index in [1.807, 2.05) is 0 Å². The lowest BCUT2D eigenvalue weighted by atomic mass is 10.0. The lowest BCUT2D eigenvalue weighted by Gasteiger charge is -2.33. The molecule has 1 saturated heterocycles. The van der Waals surface area contributed by atoms with Gasteiger partial charge >= 0.3 is 0 Å². The number of hydrogen-bond donors (Lipinski definition) is 1. The van der Waals surface area contributed by atoms with Gasteiger partial charge in [-0.2, -0.15) is 0 Å². The minimum absolute atomic E-state index is 0.125. The van der Waals surface area contributed by atoms with E-state index in [-0.39, 0.29) is 5.54 Å². The molecule has 0 atom stereocenters. The van der Waals surface area contributed by atoms with Crippen LogP contribution in [-0.2, 0) is 4.74 Å². The molecule has 3 nitrogen and oxygen atoms in total. The molecule has 2 aliphatic rings. The van der Waals surface area contributed by atoms with Crippen LogP contribution in [0.1, 0.15) is 13.8 Å². The summed E-state index contributed by atoms with van der Waals surface area (Å²) in [5.74, 6) is 1.67. The molecule has 2 rings (SSSR count). The molecule has 1 fully saturated rings. The third-order valence-corrected chi connectivity index (χ3v) is 2.24. The highest BCUT2D eigenvalue weighted by molar-refractivity contribution is 5.86. The van der Waals surface area contributed by atoms with Crippen molar-refractivity contribution < 1.29 is 4.74 Å². The van der Waals surface area contributed by atoms with Gasteiger partial charge in [0.05, 0.1) is 19.0 Å². The lowest BCUT2D eigenvalue weighted by Crippen LogP contribution is -2.50. The van der Waals surface area contributed by atoms with Crippen molar-refractivity contribution in [2.24, 2.45) is 10.9 Å². The Morgan fingerprint density at radius 2 is 2.27 bits per heavy atom. The molecule has 3 heteroatoms. The van der Waals surface area contributed by atoms with Crippen LogP contribution in [0.3, 0.4) is 0 Å². The topological polar surface area (TPSA) is 33.6 Å². The standard InChI is InChI=1S/C8H14N2O/c1-6(2)7-9-3-8(10-7)4-11-5-8/h6H,3-5H2,1-2H3,(H,9,10). The summed E-state index contributed by atoms with van der Waals surface area (Å²) in [7, 11) is 0. The maximum absolute atomic E-state index is 5.14. The van der Waals surface area contributed by atoms with Crippen molar-refractivity contribution >= 4 is 5.84 Å². The molecule has 1 spiro atoms. The van der Waals surface area contributed by atoms with E-state index in [1.165, 1.54) is 0 Å². The van der Waals surface area contributed by atoms with Gasteiger partial charge in [0.2, 0.25) is 0 Å². The summed E-state index contributed by atoms with van der Waals surface area (Å²) in [6, 6.07) is 0. The summed E-state index contributed by atoms with van der Waals surface area (Å²) in [4.78, 5) is 4.61. The zero-order valence-electron chi connectivity index (χ0n) is 7.05. The van der Waals surface area contributed by atoms with E-state index in [2.05, 4.69) is 24.2 Å². The van der Waals surface area contributed by atoms with Gasteiger partial charge in [-0.15, -0.1) is 0 Å². The monoisotopic (exact) mass is 154 g/mol. The van der Waals surface area contributed by atoms with E-state index >= 15 is 0 Å². The van der Waals surface area contributed by atoms with Crippen LogP contribution >= 0.6 is 0 Å². The molecule has 11 heavy (non-hydrogen) atoms. The molecule has 0 aliphatic carbocycles. The van der Waals surface area contributed by atoms with Gasteiger partial charge in [0, 0.05) is 12.5 Å². The number of hydrogen-bond acceptors (Lipinski definition) is 3. The highest BCUT2D eigenvalue weighted by Gasteiger charge is 2.42. The molecule has 2 heterocycles. The van der Waals surface area contributed by atoms with Gasteiger partial charge in [-0.25, -0.2) is 0 Å². The smallest absolute Gasteiger partial charge is 0.126 e. The molecule has 0 aromatic heterocycles. The fourth-order valence-electron chi connectivity index (χ4n) is 1.43. The first-order valence-corrected chi connectivity index (χ1v) is 4.13. The van der Waals surface area contributed by atoms with Crippen LogP contribution in [0.5, 0.6) is 0 Å². The summed E-state index contributed by atoms with van der Waals surface area (Å²) >= 11 is 0. The largest absolute Gasteiger partial charge is 0.376 e. The van der Waals surface area contributed by atoms with E-state index in [1.54, 1.807) is 0 Å². The minimum atomic E-state index is 0.125. The quantitative estimate of drug-likeness (QED) is 0.593. The zero-order chi connectivity index (χ0) is 7.90. The van der Waals surface area contributed by atoms with E-state index in [0.29, 0.717) is 5.92 Å². The van der Waals surface area contributed by atoms with Gasteiger partial charge < -0.3 is 10.1 Å². The summed E-state index contributed by atoms with van der Waals surface area (Å²) in [6.45, 7) is 6.89. The molecule has 0 radical (unpaired) electrons. The molecule has 0 aromatic rings. The van der Waals surface area contributed by atoms with E-state index in [0.717, 1.165) is 25.6 Å². The molecule has 0 aromatic carbocycles. The Balaban J connectivity index is 2.09. The molecule has 0 amide bonds. The van der Waals surface area contributed by atoms with Crippen molar-refractivity contribution in [3.05, 3.63) is 0 Å². The Labute approximate surface area is 66.8 Å². The molecule has 0 saturated carbocycles. The van der Waals surface area contributed by atoms with Crippen LogP contribution in [0.25, 0.3) is 0 Å². The normalized spacial score (nSPS) is 26.6. The van der Waals surface area contributed by atoms with Gasteiger partial charge in [0.15, 0.2) is 0 Å². The number of nitrogens with one attached hydrogen (secondary N) is 1. The predicted octanol–water partition coefficient (Wildman–Crippen LogP) is 0.413. The number of amidine groups is 1. The molecule has 2 aliphatic heterocycles. The number of rotatable bonds is 1. The summed E-state index contributed by atoms with van der Waals surface area (Å²) < 4.78 is 5.14. The Morgan fingerprint density at radius 1 is 1.55 bits per heavy atom. The highest BCUT2D eigenvalue weighted by Crippen LogP contribution is 2.25. The van der Waals surface area contributed by atoms with Gasteiger partial charge in [-0.3, -0.25) is 4.99 Å². The lowest BCUT2D eigenvalue weighted by molar-refractivity contribution is -0.0443. The molecular formula is C8H14N2O. The second-order valence-electron chi connectivity index (χ2n) is 3.72. The highest BCUT2D eigenvalue weighted by atomic mass is 16.5. The van der Waals surface area contributed by atoms with E-state index in [9.17, 15) is 0 Å². The maximum atomic E-state index is 5.14. The summed E-state index contributed by atoms with van der Waals surface area (Å²) in [5.41, 5.74) is 0.125. The molecule has 0 bridgehead atoms. The van der Waals surface area contributed by atoms with Crippen molar-refractivity contribution in [3.8, 4) is 0 Å². The average molecular weight is 154 g/mol. The van der Waals surface area contributed by atoms with Crippen molar-refractivity contribution in [1.82, 2.24) is 5.32 Å². The summed E-state index contributed by atoms with van der Waals surface area (Å²) in [5, 5.41) is 3.32. The fourth-order valence-corrected chi connectivity index (χ4v) is 1.43. The Morgan fingerprint density at radius 3 is 2.55 bits per heavy atom. The predicted molar refractivity (Wildman–Crippen MR) is 43.8 cm³/mol. The third kappa shape index (κ3) is 1.03. The van der Waals surface area contributed by atoms with E-state index < -0.39 is 0 Å². The fraction of sp³-hybridized carbons (Fsp3) is 0.875. The summed E-state index contributed by atoms with van der Waals surface area (Å²) in [6.07, 6.45) is 0. The van der Waals surface area contributed by atoms with Crippen LogP contribution in [0.4, 0.5) is 0 Å². The van der Waals surface area contributed by atoms with Gasteiger partial charge in [0.1, 0.15) is 5.54 Å². The van der Waals surface area contributed by atoms with Crippen LogP contribution in [-0.4, -0.2) is 31.1 Å². The van der Waals surface area contributed by atoms with Gasteiger partial charge in [-0.1, -0.05) is 13.8 Å². The maximum Gasteiger partial charge on any atom is 0.126 e. The van der Waals surface area contributed by atoms with Crippen LogP contribution in [0.2, 0.25) is 0 Å². The second-order valence-corrected chi connectivity index (χ2v) is 3.72. The SMILES string of the molecule is CC(C)C1=NC2(CN1)COC2. The average Bonchev–Trinajstić information content (AvgIpc) is 2.28. The Kier molecular flexibility index (Phi) is 1.42. The minimum Gasteiger partial charge on any atom is -0.376 e. The van der Waals surface area contributed by atoms with Crippen LogP contribution in [0, 0.1) is 5.92 Å². The molecule has 62 valence electrons. The molecule has 1 N–H and O–H groups in total. The first-order valence-electron chi connectivity index (χ1n) is 4.13. The van der Waals surface area contributed by atoms with Crippen molar-refractivity contribution in [2.75, 3.05) is 19.8 Å². The Bertz CT molecular complexity index is 194. The van der Waals surface area contributed by atoms with Crippen molar-refractivity contribution in [1.29, 1.82) is 0 Å². The zero-order valence-corrected chi connectivity index (χ0v) is 7.05. The van der Waals surface area contributed by atoms with Gasteiger partial charge in [0.25, 0.3) is 0 Å². The van der Waals surface area contributed by atoms with Crippen LogP contribution < -0.4 is 5.32 Å². The molecule has 0 unspecified atom stereocenters. The van der Waals surface area contributed by atoms with Crippen LogP contribution in [0.15, 0.2) is 4.99 Å². The van der Waals surface area contributed by atoms with Crippen molar-refractivity contribution in [3.63, 3.8) is 0 Å². The molecular weight excluding hydrogens is 140 g/mol. The third-order valence-electron chi connectivity index (χ3n) is 2.24. The number of ether oxygens (including phenoxy) is 1. The number of aliphatic imine (C=N–C) groups is 1. The van der Waals surface area contributed by atoms with E-state index in [4.69, 9.17) is 4.74 Å². The van der Waals surface area contributed by atoms with Crippen molar-refractivity contribution in [2.45, 2.75) is 19.4 Å². The Hall–Kier alpha value is -0.570. The number of nitrogens with zero attached hydrogens (tertiary/aromatic N) is 1. The second kappa shape index (κ2) is 2.21. The van der Waals surface area contributed by atoms with Gasteiger partial charge in [-0.05, 0) is 0 Å².